The van der Waals surface area contributed by atoms with Gasteiger partial charge in [0, 0.05) is 38.4 Å². The lowest BCUT2D eigenvalue weighted by atomic mass is 10.1. The molecule has 1 aliphatic rings. The third-order valence-electron chi connectivity index (χ3n) is 3.78. The molecule has 1 aliphatic heterocycles. The van der Waals surface area contributed by atoms with Gasteiger partial charge in [-0.2, -0.15) is 13.2 Å². The molecule has 0 bridgehead atoms. The number of likely N-dealkylation sites (N-methyl/N-ethyl adjacent to an activating group) is 1. The number of benzene rings is 1. The van der Waals surface area contributed by atoms with Crippen LogP contribution in [0.3, 0.4) is 0 Å². The van der Waals surface area contributed by atoms with Gasteiger partial charge < -0.3 is 15.1 Å². The molecule has 0 atom stereocenters. The van der Waals surface area contributed by atoms with Crippen molar-refractivity contribution in [1.29, 1.82) is 0 Å². The molecule has 0 aliphatic carbocycles. The summed E-state index contributed by atoms with van der Waals surface area (Å²) in [5.74, 6) is 0. The Morgan fingerprint density at radius 1 is 1.05 bits per heavy atom. The lowest BCUT2D eigenvalue weighted by Crippen LogP contribution is -2.46. The van der Waals surface area contributed by atoms with Crippen LogP contribution in [-0.4, -0.2) is 50.3 Å². The van der Waals surface area contributed by atoms with E-state index < -0.39 is 12.7 Å². The number of piperazine rings is 1. The van der Waals surface area contributed by atoms with Gasteiger partial charge in [0.1, 0.15) is 0 Å². The van der Waals surface area contributed by atoms with E-state index in [-0.39, 0.29) is 6.54 Å². The second-order valence-electron chi connectivity index (χ2n) is 5.31. The van der Waals surface area contributed by atoms with Crippen molar-refractivity contribution in [2.45, 2.75) is 19.6 Å². The second-order valence-corrected chi connectivity index (χ2v) is 5.31. The van der Waals surface area contributed by atoms with Crippen LogP contribution in [0.25, 0.3) is 0 Å². The highest BCUT2D eigenvalue weighted by atomic mass is 19.4. The SMILES string of the molecule is CCN1CCN(c2ccc(CNCC(F)(F)F)cc2)CC1. The first-order valence-electron chi connectivity index (χ1n) is 7.31. The molecule has 118 valence electrons. The predicted molar refractivity (Wildman–Crippen MR) is 78.5 cm³/mol. The predicted octanol–water partition coefficient (Wildman–Crippen LogP) is 2.48. The standard InChI is InChI=1S/C15H22F3N3/c1-2-20-7-9-21(10-8-20)14-5-3-13(4-6-14)11-19-12-15(16,17)18/h3-6,19H,2,7-12H2,1H3. The van der Waals surface area contributed by atoms with E-state index in [0.29, 0.717) is 0 Å². The zero-order valence-corrected chi connectivity index (χ0v) is 12.3. The highest BCUT2D eigenvalue weighted by Crippen LogP contribution is 2.18. The van der Waals surface area contributed by atoms with E-state index in [1.165, 1.54) is 0 Å². The van der Waals surface area contributed by atoms with Gasteiger partial charge in [0.15, 0.2) is 0 Å². The number of hydrogen-bond donors (Lipinski definition) is 1. The first kappa shape index (κ1) is 16.1. The van der Waals surface area contributed by atoms with E-state index >= 15 is 0 Å². The van der Waals surface area contributed by atoms with Crippen LogP contribution in [0.1, 0.15) is 12.5 Å². The highest BCUT2D eigenvalue weighted by Gasteiger charge is 2.26. The molecule has 0 amide bonds. The summed E-state index contributed by atoms with van der Waals surface area (Å²) in [4.78, 5) is 4.73. The lowest BCUT2D eigenvalue weighted by Gasteiger charge is -2.35. The molecule has 6 heteroatoms. The van der Waals surface area contributed by atoms with Gasteiger partial charge in [-0.25, -0.2) is 0 Å². The molecule has 1 fully saturated rings. The van der Waals surface area contributed by atoms with Gasteiger partial charge in [-0.3, -0.25) is 0 Å². The van der Waals surface area contributed by atoms with E-state index in [2.05, 4.69) is 22.0 Å². The Kier molecular flexibility index (Phi) is 5.47. The quantitative estimate of drug-likeness (QED) is 0.901. The van der Waals surface area contributed by atoms with Crippen LogP contribution in [0.2, 0.25) is 0 Å². The minimum absolute atomic E-state index is 0.239. The van der Waals surface area contributed by atoms with E-state index in [1.807, 2.05) is 24.3 Å². The zero-order valence-electron chi connectivity index (χ0n) is 12.3. The third-order valence-corrected chi connectivity index (χ3v) is 3.78. The van der Waals surface area contributed by atoms with Crippen molar-refractivity contribution in [3.63, 3.8) is 0 Å². The Bertz CT molecular complexity index is 423. The molecule has 0 radical (unpaired) electrons. The molecule has 0 aromatic heterocycles. The molecule has 0 saturated carbocycles. The van der Waals surface area contributed by atoms with Crippen molar-refractivity contribution < 1.29 is 13.2 Å². The molecule has 1 N–H and O–H groups in total. The summed E-state index contributed by atoms with van der Waals surface area (Å²) in [6, 6.07) is 7.77. The van der Waals surface area contributed by atoms with Gasteiger partial charge >= 0.3 is 6.18 Å². The van der Waals surface area contributed by atoms with E-state index in [9.17, 15) is 13.2 Å². The summed E-state index contributed by atoms with van der Waals surface area (Å²) in [6.45, 7) is 6.66. The maximum absolute atomic E-state index is 12.1. The van der Waals surface area contributed by atoms with Gasteiger partial charge in [0.25, 0.3) is 0 Å². The van der Waals surface area contributed by atoms with Crippen LogP contribution in [0, 0.1) is 0 Å². The molecule has 21 heavy (non-hydrogen) atoms. The van der Waals surface area contributed by atoms with E-state index in [0.717, 1.165) is 44.0 Å². The third kappa shape index (κ3) is 5.21. The van der Waals surface area contributed by atoms with Crippen molar-refractivity contribution in [2.24, 2.45) is 0 Å². The minimum atomic E-state index is -4.15. The number of halogens is 3. The molecular formula is C15H22F3N3. The van der Waals surface area contributed by atoms with Crippen LogP contribution in [0.5, 0.6) is 0 Å². The van der Waals surface area contributed by atoms with Crippen LogP contribution in [-0.2, 0) is 6.54 Å². The fraction of sp³-hybridized carbons (Fsp3) is 0.600. The molecule has 3 nitrogen and oxygen atoms in total. The van der Waals surface area contributed by atoms with Gasteiger partial charge in [0.2, 0.25) is 0 Å². The molecule has 1 saturated heterocycles. The normalized spacial score (nSPS) is 17.2. The summed E-state index contributed by atoms with van der Waals surface area (Å²) in [7, 11) is 0. The molecule has 1 aromatic carbocycles. The average Bonchev–Trinajstić information content (AvgIpc) is 2.47. The molecule has 1 heterocycles. The summed E-state index contributed by atoms with van der Waals surface area (Å²) in [6.07, 6.45) is -4.15. The number of rotatable bonds is 5. The number of alkyl halides is 3. The minimum Gasteiger partial charge on any atom is -0.369 e. The Labute approximate surface area is 123 Å². The number of anilines is 1. The van der Waals surface area contributed by atoms with Crippen LogP contribution in [0.15, 0.2) is 24.3 Å². The number of nitrogens with zero attached hydrogens (tertiary/aromatic N) is 2. The maximum atomic E-state index is 12.1. The Hall–Kier alpha value is -1.27. The Morgan fingerprint density at radius 3 is 2.19 bits per heavy atom. The largest absolute Gasteiger partial charge is 0.401 e. The van der Waals surface area contributed by atoms with Gasteiger partial charge in [-0.15, -0.1) is 0 Å². The maximum Gasteiger partial charge on any atom is 0.401 e. The first-order chi connectivity index (χ1) is 9.98. The van der Waals surface area contributed by atoms with E-state index in [1.54, 1.807) is 0 Å². The molecule has 0 unspecified atom stereocenters. The smallest absolute Gasteiger partial charge is 0.369 e. The van der Waals surface area contributed by atoms with Crippen molar-refractivity contribution in [3.8, 4) is 0 Å². The summed E-state index contributed by atoms with van der Waals surface area (Å²) >= 11 is 0. The van der Waals surface area contributed by atoms with E-state index in [4.69, 9.17) is 0 Å². The lowest BCUT2D eigenvalue weighted by molar-refractivity contribution is -0.125. The highest BCUT2D eigenvalue weighted by molar-refractivity contribution is 5.48. The average molecular weight is 301 g/mol. The van der Waals surface area contributed by atoms with Gasteiger partial charge in [-0.05, 0) is 24.2 Å². The van der Waals surface area contributed by atoms with Crippen molar-refractivity contribution in [2.75, 3.05) is 44.2 Å². The van der Waals surface area contributed by atoms with Crippen molar-refractivity contribution >= 4 is 5.69 Å². The zero-order chi connectivity index (χ0) is 15.3. The fourth-order valence-corrected chi connectivity index (χ4v) is 2.50. The second kappa shape index (κ2) is 7.13. The van der Waals surface area contributed by atoms with Gasteiger partial charge in [0.05, 0.1) is 6.54 Å². The molecule has 0 spiro atoms. The summed E-state index contributed by atoms with van der Waals surface area (Å²) in [5, 5.41) is 2.41. The molecular weight excluding hydrogens is 279 g/mol. The van der Waals surface area contributed by atoms with Crippen LogP contribution in [0.4, 0.5) is 18.9 Å². The van der Waals surface area contributed by atoms with Crippen LogP contribution >= 0.6 is 0 Å². The summed E-state index contributed by atoms with van der Waals surface area (Å²) < 4.78 is 36.2. The topological polar surface area (TPSA) is 18.5 Å². The molecule has 2 rings (SSSR count). The first-order valence-corrected chi connectivity index (χ1v) is 7.31. The van der Waals surface area contributed by atoms with Crippen molar-refractivity contribution in [3.05, 3.63) is 29.8 Å². The number of nitrogens with one attached hydrogen (secondary N) is 1. The monoisotopic (exact) mass is 301 g/mol. The van der Waals surface area contributed by atoms with Gasteiger partial charge in [-0.1, -0.05) is 19.1 Å². The Balaban J connectivity index is 1.82. The Morgan fingerprint density at radius 2 is 1.67 bits per heavy atom. The number of hydrogen-bond acceptors (Lipinski definition) is 3. The van der Waals surface area contributed by atoms with Crippen molar-refractivity contribution in [1.82, 2.24) is 10.2 Å². The van der Waals surface area contributed by atoms with Crippen LogP contribution < -0.4 is 10.2 Å². The summed E-state index contributed by atoms with van der Waals surface area (Å²) in [5.41, 5.74) is 2.01. The molecule has 1 aromatic rings. The fourth-order valence-electron chi connectivity index (χ4n) is 2.50.